The van der Waals surface area contributed by atoms with Gasteiger partial charge in [0.2, 0.25) is 5.91 Å². The molecule has 0 atom stereocenters. The molecule has 0 unspecified atom stereocenters. The number of fused-ring (bicyclic) bond motifs is 1. The largest absolute Gasteiger partial charge is 0.337 e. The average Bonchev–Trinajstić information content (AvgIpc) is 3.45. The van der Waals surface area contributed by atoms with E-state index in [0.29, 0.717) is 6.54 Å². The van der Waals surface area contributed by atoms with Gasteiger partial charge in [-0.3, -0.25) is 9.69 Å². The summed E-state index contributed by atoms with van der Waals surface area (Å²) < 4.78 is 16.3. The van der Waals surface area contributed by atoms with Gasteiger partial charge in [0, 0.05) is 30.4 Å². The van der Waals surface area contributed by atoms with Crippen LogP contribution in [0.4, 0.5) is 9.52 Å². The van der Waals surface area contributed by atoms with Gasteiger partial charge in [-0.1, -0.05) is 30.4 Å². The molecule has 0 radical (unpaired) electrons. The number of aromatic nitrogens is 3. The topological polar surface area (TPSA) is 51.0 Å². The molecule has 2 aromatic carbocycles. The van der Waals surface area contributed by atoms with Crippen LogP contribution in [0.1, 0.15) is 18.9 Å². The molecule has 0 aliphatic heterocycles. The molecule has 31 heavy (non-hydrogen) atoms. The van der Waals surface area contributed by atoms with Crippen LogP contribution in [0.2, 0.25) is 0 Å². The summed E-state index contributed by atoms with van der Waals surface area (Å²) in [4.78, 5) is 24.7. The zero-order valence-corrected chi connectivity index (χ0v) is 18.8. The molecule has 0 aliphatic carbocycles. The van der Waals surface area contributed by atoms with E-state index >= 15 is 0 Å². The van der Waals surface area contributed by atoms with Gasteiger partial charge >= 0.3 is 0 Å². The Morgan fingerprint density at radius 2 is 2.06 bits per heavy atom. The second-order valence-corrected chi connectivity index (χ2v) is 9.11. The van der Waals surface area contributed by atoms with Crippen molar-refractivity contribution in [2.24, 2.45) is 0 Å². The number of carbonyl (C=O) groups is 1. The van der Waals surface area contributed by atoms with Crippen molar-refractivity contribution in [1.82, 2.24) is 14.5 Å². The van der Waals surface area contributed by atoms with Crippen molar-refractivity contribution >= 4 is 44.4 Å². The van der Waals surface area contributed by atoms with Crippen molar-refractivity contribution in [2.75, 3.05) is 17.2 Å². The van der Waals surface area contributed by atoms with Crippen LogP contribution >= 0.6 is 23.1 Å². The smallest absolute Gasteiger partial charge is 0.239 e. The molecule has 2 heterocycles. The predicted octanol–water partition coefficient (Wildman–Crippen LogP) is 5.41. The van der Waals surface area contributed by atoms with Gasteiger partial charge in [-0.15, -0.1) is 11.8 Å². The number of hydrogen-bond donors (Lipinski definition) is 0. The van der Waals surface area contributed by atoms with Crippen LogP contribution in [0, 0.1) is 5.82 Å². The summed E-state index contributed by atoms with van der Waals surface area (Å²) in [7, 11) is 0. The molecule has 160 valence electrons. The minimum Gasteiger partial charge on any atom is -0.337 e. The van der Waals surface area contributed by atoms with Gasteiger partial charge in [0.05, 0.1) is 22.3 Å². The lowest BCUT2D eigenvalue weighted by molar-refractivity contribution is -0.116. The molecular weight excluding hydrogens is 431 g/mol. The number of thioether (sulfide) groups is 1. The standard InChI is InChI=1S/C23H23FN4OS2/c1-2-17-5-3-6-20-22(17)26-23(31-20)28(13-4-12-27-14-11-25-16-27)21(29)15-30-19-9-7-18(24)8-10-19/h3,5-11,14,16H,2,4,12-13,15H2,1H3. The van der Waals surface area contributed by atoms with Crippen LogP contribution in [0.3, 0.4) is 0 Å². The molecule has 0 spiro atoms. The molecule has 0 saturated heterocycles. The third-order valence-corrected chi connectivity index (χ3v) is 6.98. The van der Waals surface area contributed by atoms with Crippen LogP contribution < -0.4 is 4.90 Å². The zero-order valence-electron chi connectivity index (χ0n) is 17.2. The maximum atomic E-state index is 13.2. The molecular formula is C23H23FN4OS2. The Kier molecular flexibility index (Phi) is 6.99. The number of aryl methyl sites for hydroxylation is 2. The monoisotopic (exact) mass is 454 g/mol. The van der Waals surface area contributed by atoms with Crippen LogP contribution in [-0.2, 0) is 17.8 Å². The Balaban J connectivity index is 1.52. The van der Waals surface area contributed by atoms with Crippen molar-refractivity contribution in [3.8, 4) is 0 Å². The molecule has 5 nitrogen and oxygen atoms in total. The van der Waals surface area contributed by atoms with E-state index in [1.54, 1.807) is 40.9 Å². The summed E-state index contributed by atoms with van der Waals surface area (Å²) in [5.41, 5.74) is 2.16. The summed E-state index contributed by atoms with van der Waals surface area (Å²) in [6.45, 7) is 3.46. The Bertz CT molecular complexity index is 1140. The first-order valence-electron chi connectivity index (χ1n) is 10.2. The number of hydrogen-bond acceptors (Lipinski definition) is 5. The van der Waals surface area contributed by atoms with E-state index in [1.807, 2.05) is 16.8 Å². The minimum absolute atomic E-state index is 0.00272. The highest BCUT2D eigenvalue weighted by atomic mass is 32.2. The molecule has 0 bridgehead atoms. The third-order valence-electron chi connectivity index (χ3n) is 4.94. The first kappa shape index (κ1) is 21.5. The highest BCUT2D eigenvalue weighted by Crippen LogP contribution is 2.32. The third kappa shape index (κ3) is 5.32. The predicted molar refractivity (Wildman–Crippen MR) is 125 cm³/mol. The summed E-state index contributed by atoms with van der Waals surface area (Å²) in [6.07, 6.45) is 7.14. The zero-order chi connectivity index (χ0) is 21.6. The number of amides is 1. The van der Waals surface area contributed by atoms with Crippen molar-refractivity contribution < 1.29 is 9.18 Å². The average molecular weight is 455 g/mol. The van der Waals surface area contributed by atoms with Crippen LogP contribution in [0.15, 0.2) is 66.1 Å². The number of rotatable bonds is 9. The SMILES string of the molecule is CCc1cccc2sc(N(CCCn3ccnc3)C(=O)CSc3ccc(F)cc3)nc12. The number of anilines is 1. The molecule has 4 aromatic rings. The fourth-order valence-electron chi connectivity index (χ4n) is 3.31. The van der Waals surface area contributed by atoms with Crippen LogP contribution in [0.25, 0.3) is 10.2 Å². The Hall–Kier alpha value is -2.71. The Morgan fingerprint density at radius 3 is 2.81 bits per heavy atom. The van der Waals surface area contributed by atoms with E-state index in [1.165, 1.54) is 29.5 Å². The van der Waals surface area contributed by atoms with Crippen molar-refractivity contribution in [3.63, 3.8) is 0 Å². The van der Waals surface area contributed by atoms with Gasteiger partial charge < -0.3 is 4.57 Å². The van der Waals surface area contributed by atoms with Gasteiger partial charge in [0.1, 0.15) is 5.82 Å². The maximum absolute atomic E-state index is 13.2. The summed E-state index contributed by atoms with van der Waals surface area (Å²) in [5, 5.41) is 0.728. The van der Waals surface area contributed by atoms with E-state index in [0.717, 1.165) is 39.6 Å². The molecule has 0 saturated carbocycles. The number of thiazole rings is 1. The van der Waals surface area contributed by atoms with Gasteiger partial charge in [0.25, 0.3) is 0 Å². The number of benzene rings is 2. The lowest BCUT2D eigenvalue weighted by atomic mass is 10.1. The molecule has 1 amide bonds. The van der Waals surface area contributed by atoms with Crippen molar-refractivity contribution in [3.05, 3.63) is 72.6 Å². The molecule has 0 aliphatic rings. The minimum atomic E-state index is -0.280. The molecule has 0 fully saturated rings. The fraction of sp³-hybridized carbons (Fsp3) is 0.261. The van der Waals surface area contributed by atoms with E-state index < -0.39 is 0 Å². The molecule has 4 rings (SSSR count). The second-order valence-electron chi connectivity index (χ2n) is 7.06. The number of halogens is 1. The number of carbonyl (C=O) groups excluding carboxylic acids is 1. The summed E-state index contributed by atoms with van der Waals surface area (Å²) >= 11 is 2.96. The van der Waals surface area contributed by atoms with E-state index in [4.69, 9.17) is 4.98 Å². The summed E-state index contributed by atoms with van der Waals surface area (Å²) in [5.74, 6) is -0.0112. The van der Waals surface area contributed by atoms with E-state index in [-0.39, 0.29) is 17.5 Å². The number of nitrogens with zero attached hydrogens (tertiary/aromatic N) is 4. The molecule has 0 N–H and O–H groups in total. The lowest BCUT2D eigenvalue weighted by Gasteiger charge is -2.20. The highest BCUT2D eigenvalue weighted by Gasteiger charge is 2.20. The Labute approximate surface area is 188 Å². The fourth-order valence-corrected chi connectivity index (χ4v) is 5.14. The Morgan fingerprint density at radius 1 is 1.23 bits per heavy atom. The lowest BCUT2D eigenvalue weighted by Crippen LogP contribution is -2.33. The van der Waals surface area contributed by atoms with E-state index in [9.17, 15) is 9.18 Å². The van der Waals surface area contributed by atoms with Crippen molar-refractivity contribution in [1.29, 1.82) is 0 Å². The number of para-hydroxylation sites is 1. The van der Waals surface area contributed by atoms with Gasteiger partial charge in [-0.05, 0) is 48.7 Å². The van der Waals surface area contributed by atoms with Crippen LogP contribution in [-0.4, -0.2) is 32.7 Å². The number of imidazole rings is 1. The second kappa shape index (κ2) is 10.1. The van der Waals surface area contributed by atoms with E-state index in [2.05, 4.69) is 24.0 Å². The van der Waals surface area contributed by atoms with Gasteiger partial charge in [-0.25, -0.2) is 14.4 Å². The van der Waals surface area contributed by atoms with Crippen molar-refractivity contribution in [2.45, 2.75) is 31.2 Å². The summed E-state index contributed by atoms with van der Waals surface area (Å²) in [6, 6.07) is 12.4. The van der Waals surface area contributed by atoms with Gasteiger partial charge in [0.15, 0.2) is 5.13 Å². The quantitative estimate of drug-likeness (QED) is 0.317. The normalized spacial score (nSPS) is 11.2. The highest BCUT2D eigenvalue weighted by molar-refractivity contribution is 8.00. The first-order chi connectivity index (χ1) is 15.1. The molecule has 8 heteroatoms. The first-order valence-corrected chi connectivity index (χ1v) is 12.0. The maximum Gasteiger partial charge on any atom is 0.239 e. The van der Waals surface area contributed by atoms with Gasteiger partial charge in [-0.2, -0.15) is 0 Å². The van der Waals surface area contributed by atoms with Crippen LogP contribution in [0.5, 0.6) is 0 Å². The molecule has 2 aromatic heterocycles.